The lowest BCUT2D eigenvalue weighted by atomic mass is 9.97. The number of carbonyl (C=O) groups excluding carboxylic acids is 6. The number of rotatable bonds is 8. The Kier molecular flexibility index (Phi) is 22.5. The molecular formula is C78H84N12O8S8. The van der Waals surface area contributed by atoms with E-state index in [1.54, 1.807) is 91.7 Å². The van der Waals surface area contributed by atoms with Gasteiger partial charge in [-0.2, -0.15) is 0 Å². The lowest BCUT2D eigenvalue weighted by molar-refractivity contribution is -0.115. The molecule has 0 saturated carbocycles. The van der Waals surface area contributed by atoms with Crippen LogP contribution in [0.25, 0.3) is 83.2 Å². The Labute approximate surface area is 647 Å². The van der Waals surface area contributed by atoms with E-state index in [9.17, 15) is 28.8 Å². The highest BCUT2D eigenvalue weighted by atomic mass is 32.1. The van der Waals surface area contributed by atoms with Crippen LogP contribution in [0.4, 0.5) is 29.6 Å². The third-order valence-electron chi connectivity index (χ3n) is 17.8. The van der Waals surface area contributed by atoms with Crippen LogP contribution in [0.1, 0.15) is 151 Å². The molecule has 4 atom stereocenters. The Morgan fingerprint density at radius 1 is 0.443 bits per heavy atom. The first-order valence-corrected chi connectivity index (χ1v) is 41.6. The Bertz CT molecular complexity index is 5190. The van der Waals surface area contributed by atoms with Gasteiger partial charge in [0.15, 0.2) is 0 Å². The number of benzene rings is 4. The Morgan fingerprint density at radius 2 is 0.811 bits per heavy atom. The minimum absolute atomic E-state index is 0.0137. The second-order valence-corrected chi connectivity index (χ2v) is 37.0. The highest BCUT2D eigenvalue weighted by Crippen LogP contribution is 2.52. The molecule has 4 aromatic carbocycles. The summed E-state index contributed by atoms with van der Waals surface area (Å²) >= 11 is 13.0. The SMILES string of the molecule is CC(=O)Nc1sc2c(c1-c1nc3ccccc3s1)CC(C)N(C(=O)OC(C)(C)C)C2.CC(=O)Nc1sc2c(c1-c1nc3ccccc3s1)CC(C)NC2.CC(=O)Nc1sc2c(c1-c1nc3ccccc3s1)CCN(C(=O)OC(C)(C)C)C2C.CC(=O)Nc1sc2c(c1-c1nc3ccccc3s1)CCNC2C. The molecule has 106 heavy (non-hydrogen) atoms. The van der Waals surface area contributed by atoms with Gasteiger partial charge in [-0.15, -0.1) is 90.7 Å². The number of thiophene rings is 4. The lowest BCUT2D eigenvalue weighted by Crippen LogP contribution is -2.44. The third kappa shape index (κ3) is 16.8. The number of hydrogen-bond acceptors (Lipinski definition) is 22. The van der Waals surface area contributed by atoms with Gasteiger partial charge in [0.25, 0.3) is 0 Å². The fourth-order valence-electron chi connectivity index (χ4n) is 13.3. The molecule has 552 valence electrons. The summed E-state index contributed by atoms with van der Waals surface area (Å²) in [6.07, 6.45) is 2.71. The minimum atomic E-state index is -0.542. The minimum Gasteiger partial charge on any atom is -0.444 e. The van der Waals surface area contributed by atoms with Crippen LogP contribution in [0, 0.1) is 0 Å². The van der Waals surface area contributed by atoms with Crippen molar-refractivity contribution in [3.05, 3.63) is 139 Å². The van der Waals surface area contributed by atoms with E-state index in [4.69, 9.17) is 29.4 Å². The zero-order chi connectivity index (χ0) is 75.2. The van der Waals surface area contributed by atoms with Crippen molar-refractivity contribution >= 4 is 187 Å². The third-order valence-corrected chi connectivity index (χ3v) is 27.0. The van der Waals surface area contributed by atoms with E-state index in [0.717, 1.165) is 141 Å². The quantitative estimate of drug-likeness (QED) is 0.0828. The van der Waals surface area contributed by atoms with E-state index in [2.05, 4.69) is 70.0 Å². The predicted molar refractivity (Wildman–Crippen MR) is 439 cm³/mol. The summed E-state index contributed by atoms with van der Waals surface area (Å²) in [5.41, 5.74) is 12.1. The number of thiazole rings is 4. The average Bonchev–Trinajstić information content (AvgIpc) is 1.62. The smallest absolute Gasteiger partial charge is 0.410 e. The first-order valence-electron chi connectivity index (χ1n) is 35.1. The monoisotopic (exact) mass is 1570 g/mol. The van der Waals surface area contributed by atoms with Crippen LogP contribution >= 0.6 is 90.7 Å². The van der Waals surface area contributed by atoms with Crippen LogP contribution in [-0.4, -0.2) is 102 Å². The average molecular weight is 1570 g/mol. The summed E-state index contributed by atoms with van der Waals surface area (Å²) in [4.78, 5) is 100. The van der Waals surface area contributed by atoms with Crippen LogP contribution < -0.4 is 31.9 Å². The molecule has 12 heterocycles. The molecule has 0 bridgehead atoms. The molecule has 12 aromatic rings. The van der Waals surface area contributed by atoms with Gasteiger partial charge in [0.2, 0.25) is 23.6 Å². The lowest BCUT2D eigenvalue weighted by Gasteiger charge is -2.35. The first kappa shape index (κ1) is 75.8. The fraction of sp³-hybridized carbons (Fsp3) is 0.359. The topological polar surface area (TPSA) is 251 Å². The molecule has 28 heteroatoms. The van der Waals surface area contributed by atoms with E-state index in [-0.39, 0.29) is 47.9 Å². The van der Waals surface area contributed by atoms with Gasteiger partial charge in [0.1, 0.15) is 51.2 Å². The molecule has 0 saturated heterocycles. The predicted octanol–water partition coefficient (Wildman–Crippen LogP) is 19.7. The van der Waals surface area contributed by atoms with Crippen molar-refractivity contribution in [2.75, 3.05) is 34.4 Å². The number of anilines is 4. The molecule has 0 radical (unpaired) electrons. The summed E-state index contributed by atoms with van der Waals surface area (Å²) in [6.45, 7) is 28.6. The fourth-order valence-corrected chi connectivity index (χ4v) is 22.9. The summed E-state index contributed by atoms with van der Waals surface area (Å²) in [7, 11) is 0. The molecule has 20 nitrogen and oxygen atoms in total. The Hall–Kier alpha value is -8.42. The second kappa shape index (κ2) is 31.4. The standard InChI is InChI=1S/2C22H25N3O3S2.2C17H17N3OS2/c1-12-10-14-17(11-25(12)21(27)28-22(3,4)5)30-19(23-13(2)26)18(14)20-24-15-8-6-7-9-16(15)29-20;1-12-18-14(10-11-25(12)21(27)28-22(3,4)5)17(19(30-18)23-13(2)26)20-24-15-8-6-7-9-16(15)29-20;1-9-7-11-14(8-18-9)23-16(19-10(2)21)15(11)17-20-12-5-3-4-6-13(12)22-17;1-9-15-11(7-8-18-9)14(16(23-15)19-10(2)21)17-20-12-5-3-4-6-13(12)22-17/h2*6-9,12H,10-11H2,1-5H3,(H,23,26);2*3-6,9,18H,7-8H2,1-2H3,(H,19,21). The molecule has 4 aliphatic heterocycles. The van der Waals surface area contributed by atoms with E-state index in [1.165, 1.54) is 66.8 Å². The highest BCUT2D eigenvalue weighted by molar-refractivity contribution is 7.25. The van der Waals surface area contributed by atoms with Crippen LogP contribution in [-0.2, 0) is 67.4 Å². The maximum Gasteiger partial charge on any atom is 0.410 e. The number of para-hydroxylation sites is 4. The van der Waals surface area contributed by atoms with E-state index >= 15 is 0 Å². The van der Waals surface area contributed by atoms with Gasteiger partial charge < -0.3 is 51.2 Å². The normalized spacial score (nSPS) is 16.8. The van der Waals surface area contributed by atoms with Gasteiger partial charge in [-0.1, -0.05) is 48.5 Å². The maximum absolute atomic E-state index is 12.7. The number of nitrogens with zero attached hydrogens (tertiary/aromatic N) is 6. The number of ether oxygens (including phenoxy) is 2. The van der Waals surface area contributed by atoms with Crippen LogP contribution in [0.2, 0.25) is 0 Å². The van der Waals surface area contributed by atoms with Crippen molar-refractivity contribution in [1.82, 2.24) is 40.4 Å². The summed E-state index contributed by atoms with van der Waals surface area (Å²) < 4.78 is 15.8. The number of carbonyl (C=O) groups is 6. The highest BCUT2D eigenvalue weighted by Gasteiger charge is 2.38. The molecule has 4 unspecified atom stereocenters. The van der Waals surface area contributed by atoms with Gasteiger partial charge in [0.05, 0.1) is 53.5 Å². The van der Waals surface area contributed by atoms with Gasteiger partial charge >= 0.3 is 12.2 Å². The molecule has 4 aliphatic rings. The molecule has 8 aromatic heterocycles. The second-order valence-electron chi connectivity index (χ2n) is 28.6. The van der Waals surface area contributed by atoms with E-state index in [1.807, 2.05) is 128 Å². The van der Waals surface area contributed by atoms with Crippen molar-refractivity contribution in [2.45, 2.75) is 171 Å². The Balaban J connectivity index is 0.000000126. The molecule has 0 aliphatic carbocycles. The van der Waals surface area contributed by atoms with Crippen molar-refractivity contribution in [3.63, 3.8) is 0 Å². The van der Waals surface area contributed by atoms with Crippen molar-refractivity contribution in [3.8, 4) is 42.3 Å². The number of nitrogens with one attached hydrogen (secondary N) is 6. The van der Waals surface area contributed by atoms with Gasteiger partial charge in [-0.3, -0.25) is 19.2 Å². The Morgan fingerprint density at radius 3 is 1.23 bits per heavy atom. The summed E-state index contributed by atoms with van der Waals surface area (Å²) in [5.74, 6) is -0.306. The molecule has 0 fully saturated rings. The van der Waals surface area contributed by atoms with Crippen molar-refractivity contribution in [1.29, 1.82) is 0 Å². The first-order chi connectivity index (χ1) is 50.5. The van der Waals surface area contributed by atoms with Crippen LogP contribution in [0.3, 0.4) is 0 Å². The largest absolute Gasteiger partial charge is 0.444 e. The molecule has 6 amide bonds. The van der Waals surface area contributed by atoms with Gasteiger partial charge in [-0.05, 0) is 172 Å². The number of amides is 6. The van der Waals surface area contributed by atoms with E-state index in [0.29, 0.717) is 38.0 Å². The zero-order valence-corrected chi connectivity index (χ0v) is 68.0. The van der Waals surface area contributed by atoms with Gasteiger partial charge in [0, 0.05) is 101 Å². The van der Waals surface area contributed by atoms with Crippen LogP contribution in [0.15, 0.2) is 97.1 Å². The number of hydrogen-bond donors (Lipinski definition) is 6. The van der Waals surface area contributed by atoms with Gasteiger partial charge in [-0.25, -0.2) is 29.5 Å². The zero-order valence-electron chi connectivity index (χ0n) is 61.4. The maximum atomic E-state index is 12.7. The van der Waals surface area contributed by atoms with Crippen molar-refractivity contribution in [2.24, 2.45) is 0 Å². The molecule has 16 rings (SSSR count). The van der Waals surface area contributed by atoms with Crippen molar-refractivity contribution < 1.29 is 38.2 Å². The van der Waals surface area contributed by atoms with Crippen LogP contribution in [0.5, 0.6) is 0 Å². The number of aromatic nitrogens is 4. The number of fused-ring (bicyclic) bond motifs is 8. The molecule has 6 N–H and O–H groups in total. The summed E-state index contributed by atoms with van der Waals surface area (Å²) in [6, 6.07) is 33.0. The summed E-state index contributed by atoms with van der Waals surface area (Å²) in [5, 5.41) is 26.2. The van der Waals surface area contributed by atoms with E-state index < -0.39 is 11.2 Å². The molecule has 0 spiro atoms. The molecular weight excluding hydrogens is 1490 g/mol.